The molecule has 1 fully saturated rings. The molecule has 1 aliphatic rings. The smallest absolute Gasteiger partial charge is 0.137 e. The molecule has 0 amide bonds. The quantitative estimate of drug-likeness (QED) is 0.220. The van der Waals surface area contributed by atoms with Crippen LogP contribution in [0.25, 0.3) is 27.9 Å². The number of hydrogen-bond donors (Lipinski definition) is 1. The number of benzene rings is 1. The van der Waals surface area contributed by atoms with Gasteiger partial charge in [0.1, 0.15) is 17.5 Å². The summed E-state index contributed by atoms with van der Waals surface area (Å²) in [5, 5.41) is 3.64. The summed E-state index contributed by atoms with van der Waals surface area (Å²) in [4.78, 5) is 20.1. The standard InChI is InChI=1S/C30H28F2N6O/c1-4-20(17-33-5-2)22-18-35-27(38-10-12-39-13-11-38)16-25(22)36-30-19(3)29(24-8-6-7-9-34-24)37-26-15-21(31)14-23(32)28(26)30/h4-9,14-18H,1,10-13H2,2-3H3,(H,35,36,37)/b20-17+,33-5-. The summed E-state index contributed by atoms with van der Waals surface area (Å²) in [6.07, 6.45) is 8.47. The average molecular weight is 527 g/mol. The number of fused-ring (bicyclic) bond motifs is 1. The van der Waals surface area contributed by atoms with E-state index in [1.54, 1.807) is 37.0 Å². The van der Waals surface area contributed by atoms with Gasteiger partial charge in [-0.3, -0.25) is 9.98 Å². The minimum atomic E-state index is -0.713. The minimum Gasteiger partial charge on any atom is -0.378 e. The monoisotopic (exact) mass is 526 g/mol. The van der Waals surface area contributed by atoms with E-state index in [-0.39, 0.29) is 10.9 Å². The van der Waals surface area contributed by atoms with Crippen molar-refractivity contribution < 1.29 is 13.5 Å². The summed E-state index contributed by atoms with van der Waals surface area (Å²) in [6.45, 7) is 10.2. The molecule has 9 heteroatoms. The highest BCUT2D eigenvalue weighted by atomic mass is 19.1. The van der Waals surface area contributed by atoms with E-state index in [1.165, 1.54) is 6.07 Å². The topological polar surface area (TPSA) is 75.5 Å². The zero-order valence-electron chi connectivity index (χ0n) is 21.8. The van der Waals surface area contributed by atoms with Crippen molar-refractivity contribution in [3.8, 4) is 11.4 Å². The van der Waals surface area contributed by atoms with Crippen LogP contribution >= 0.6 is 0 Å². The van der Waals surface area contributed by atoms with Gasteiger partial charge >= 0.3 is 0 Å². The molecule has 3 aromatic heterocycles. The first-order valence-corrected chi connectivity index (χ1v) is 12.6. The Bertz CT molecular complexity index is 1580. The normalized spacial score (nSPS) is 14.3. The number of aliphatic imine (C=N–C) groups is 1. The number of aromatic nitrogens is 3. The minimum absolute atomic E-state index is 0.181. The summed E-state index contributed by atoms with van der Waals surface area (Å²) >= 11 is 0. The Hall–Kier alpha value is -4.50. The third-order valence-corrected chi connectivity index (χ3v) is 6.53. The van der Waals surface area contributed by atoms with E-state index in [2.05, 4.69) is 31.8 Å². The Morgan fingerprint density at radius 1 is 1.15 bits per heavy atom. The van der Waals surface area contributed by atoms with Crippen molar-refractivity contribution in [3.05, 3.63) is 90.4 Å². The summed E-state index contributed by atoms with van der Waals surface area (Å²) in [5.41, 5.74) is 4.53. The number of morpholine rings is 1. The van der Waals surface area contributed by atoms with Crippen LogP contribution in [0.3, 0.4) is 0 Å². The van der Waals surface area contributed by atoms with Crippen LogP contribution in [0, 0.1) is 18.6 Å². The first-order valence-electron chi connectivity index (χ1n) is 12.6. The first-order chi connectivity index (χ1) is 19.0. The number of hydrogen-bond acceptors (Lipinski definition) is 7. The third kappa shape index (κ3) is 5.39. The predicted molar refractivity (Wildman–Crippen MR) is 153 cm³/mol. The largest absolute Gasteiger partial charge is 0.378 e. The van der Waals surface area contributed by atoms with Gasteiger partial charge in [-0.1, -0.05) is 18.7 Å². The second-order valence-electron chi connectivity index (χ2n) is 8.97. The fraction of sp³-hybridized carbons (Fsp3) is 0.200. The lowest BCUT2D eigenvalue weighted by molar-refractivity contribution is 0.122. The van der Waals surface area contributed by atoms with Crippen LogP contribution in [0.15, 0.2) is 72.6 Å². The Morgan fingerprint density at radius 3 is 2.69 bits per heavy atom. The Kier molecular flexibility index (Phi) is 7.69. The second kappa shape index (κ2) is 11.5. The van der Waals surface area contributed by atoms with Gasteiger partial charge in [0.2, 0.25) is 0 Å². The molecule has 0 aliphatic carbocycles. The fourth-order valence-electron chi connectivity index (χ4n) is 4.58. The van der Waals surface area contributed by atoms with Crippen molar-refractivity contribution in [2.45, 2.75) is 13.8 Å². The van der Waals surface area contributed by atoms with Crippen molar-refractivity contribution in [3.63, 3.8) is 0 Å². The lowest BCUT2D eigenvalue weighted by Gasteiger charge is -2.28. The molecule has 0 spiro atoms. The zero-order valence-corrected chi connectivity index (χ0v) is 21.8. The molecule has 1 N–H and O–H groups in total. The molecule has 198 valence electrons. The van der Waals surface area contributed by atoms with Gasteiger partial charge in [-0.25, -0.2) is 18.7 Å². The molecule has 5 rings (SSSR count). The van der Waals surface area contributed by atoms with E-state index < -0.39 is 11.6 Å². The molecule has 0 unspecified atom stereocenters. The van der Waals surface area contributed by atoms with Gasteiger partial charge in [-0.05, 0) is 26.0 Å². The lowest BCUT2D eigenvalue weighted by Crippen LogP contribution is -2.36. The third-order valence-electron chi connectivity index (χ3n) is 6.53. The number of nitrogens with zero attached hydrogens (tertiary/aromatic N) is 5. The molecule has 0 bridgehead atoms. The number of nitrogens with one attached hydrogen (secondary N) is 1. The molecular weight excluding hydrogens is 498 g/mol. The lowest BCUT2D eigenvalue weighted by atomic mass is 10.0. The van der Waals surface area contributed by atoms with Crippen LogP contribution in [-0.4, -0.2) is 47.5 Å². The molecule has 0 saturated carbocycles. The summed E-state index contributed by atoms with van der Waals surface area (Å²) in [5.74, 6) is -0.669. The van der Waals surface area contributed by atoms with Crippen LogP contribution in [0.4, 0.5) is 26.0 Å². The van der Waals surface area contributed by atoms with Gasteiger partial charge in [0.25, 0.3) is 0 Å². The SMILES string of the molecule is C=C/C(=C\N=C/C)c1cnc(N2CCOCC2)cc1Nc1c(C)c(-c2ccccn2)nc2cc(F)cc(F)c12. The fourth-order valence-corrected chi connectivity index (χ4v) is 4.58. The molecular formula is C30H28F2N6O. The Morgan fingerprint density at radius 2 is 1.97 bits per heavy atom. The highest BCUT2D eigenvalue weighted by molar-refractivity contribution is 5.99. The maximum atomic E-state index is 15.4. The van der Waals surface area contributed by atoms with Crippen molar-refractivity contribution in [1.29, 1.82) is 0 Å². The van der Waals surface area contributed by atoms with E-state index in [4.69, 9.17) is 9.72 Å². The van der Waals surface area contributed by atoms with E-state index in [0.29, 0.717) is 54.6 Å². The van der Waals surface area contributed by atoms with E-state index >= 15 is 4.39 Å². The number of rotatable bonds is 7. The van der Waals surface area contributed by atoms with E-state index in [9.17, 15) is 4.39 Å². The first kappa shape index (κ1) is 26.1. The van der Waals surface area contributed by atoms with Gasteiger partial charge in [-0.15, -0.1) is 0 Å². The number of halogens is 2. The summed E-state index contributed by atoms with van der Waals surface area (Å²) in [6, 6.07) is 9.48. The molecule has 4 heterocycles. The van der Waals surface area contributed by atoms with Crippen molar-refractivity contribution in [1.82, 2.24) is 15.0 Å². The van der Waals surface area contributed by atoms with Gasteiger partial charge in [0, 0.05) is 72.8 Å². The van der Waals surface area contributed by atoms with Crippen LogP contribution in [0.5, 0.6) is 0 Å². The zero-order chi connectivity index (χ0) is 27.4. The van der Waals surface area contributed by atoms with Crippen molar-refractivity contribution in [2.75, 3.05) is 36.5 Å². The van der Waals surface area contributed by atoms with Crippen molar-refractivity contribution >= 4 is 39.9 Å². The number of ether oxygens (including phenoxy) is 1. The maximum absolute atomic E-state index is 15.4. The molecule has 4 aromatic rings. The van der Waals surface area contributed by atoms with Gasteiger partial charge < -0.3 is 15.0 Å². The Labute approximate surface area is 225 Å². The average Bonchev–Trinajstić information content (AvgIpc) is 2.96. The van der Waals surface area contributed by atoms with Crippen LogP contribution < -0.4 is 10.2 Å². The molecule has 1 aliphatic heterocycles. The van der Waals surface area contributed by atoms with Gasteiger partial charge in [0.05, 0.1) is 46.9 Å². The van der Waals surface area contributed by atoms with Crippen LogP contribution in [-0.2, 0) is 4.74 Å². The van der Waals surface area contributed by atoms with Crippen molar-refractivity contribution in [2.24, 2.45) is 4.99 Å². The summed E-state index contributed by atoms with van der Waals surface area (Å²) in [7, 11) is 0. The molecule has 1 aromatic carbocycles. The van der Waals surface area contributed by atoms with Crippen LogP contribution in [0.1, 0.15) is 18.1 Å². The number of anilines is 3. The van der Waals surface area contributed by atoms with E-state index in [1.807, 2.05) is 32.0 Å². The van der Waals surface area contributed by atoms with Crippen LogP contribution in [0.2, 0.25) is 0 Å². The number of pyridine rings is 3. The highest BCUT2D eigenvalue weighted by Gasteiger charge is 2.21. The highest BCUT2D eigenvalue weighted by Crippen LogP contribution is 2.39. The maximum Gasteiger partial charge on any atom is 0.137 e. The molecule has 7 nitrogen and oxygen atoms in total. The number of allylic oxidation sites excluding steroid dienone is 2. The van der Waals surface area contributed by atoms with Gasteiger partial charge in [-0.2, -0.15) is 0 Å². The molecule has 0 radical (unpaired) electrons. The molecule has 39 heavy (non-hydrogen) atoms. The van der Waals surface area contributed by atoms with Gasteiger partial charge in [0.15, 0.2) is 0 Å². The molecule has 0 atom stereocenters. The van der Waals surface area contributed by atoms with E-state index in [0.717, 1.165) is 23.0 Å². The predicted octanol–water partition coefficient (Wildman–Crippen LogP) is 6.48. The second-order valence-corrected chi connectivity index (χ2v) is 8.97. The molecule has 1 saturated heterocycles. The Balaban J connectivity index is 1.74. The summed E-state index contributed by atoms with van der Waals surface area (Å²) < 4.78 is 35.2.